The van der Waals surface area contributed by atoms with Crippen LogP contribution in [0.4, 0.5) is 19.0 Å². The molecule has 0 aliphatic carbocycles. The molecule has 0 radical (unpaired) electrons. The first-order valence-corrected chi connectivity index (χ1v) is 14.5. The predicted octanol–water partition coefficient (Wildman–Crippen LogP) is 5.38. The maximum absolute atomic E-state index is 13.5. The van der Waals surface area contributed by atoms with E-state index in [0.29, 0.717) is 47.9 Å². The van der Waals surface area contributed by atoms with Crippen molar-refractivity contribution in [1.82, 2.24) is 15.2 Å². The van der Waals surface area contributed by atoms with E-state index in [4.69, 9.17) is 9.72 Å². The number of aromatic nitrogens is 1. The summed E-state index contributed by atoms with van der Waals surface area (Å²) in [5.74, 6) is 0.989. The normalized spacial score (nSPS) is 18.6. The van der Waals surface area contributed by atoms with Crippen LogP contribution in [-0.2, 0) is 12.7 Å². The van der Waals surface area contributed by atoms with Crippen LogP contribution in [-0.4, -0.2) is 66.8 Å². The first kappa shape index (κ1) is 29.8. The summed E-state index contributed by atoms with van der Waals surface area (Å²) in [6.07, 6.45) is -0.606. The SMILES string of the molecule is COc1ccccc1-c1ccc(C(=O)NCc2ccccc2C(F)(F)F)c(N2CCC(N3CCCC(CO)C3)CC2)n1. The number of halogens is 3. The van der Waals surface area contributed by atoms with Crippen LogP contribution in [0.5, 0.6) is 5.75 Å². The number of carbonyl (C=O) groups is 1. The largest absolute Gasteiger partial charge is 0.496 e. The second-order valence-corrected chi connectivity index (χ2v) is 11.0. The Kier molecular flexibility index (Phi) is 9.33. The molecule has 7 nitrogen and oxygen atoms in total. The van der Waals surface area contributed by atoms with Gasteiger partial charge in [-0.2, -0.15) is 13.2 Å². The number of likely N-dealkylation sites (tertiary alicyclic amines) is 1. The lowest BCUT2D eigenvalue weighted by Gasteiger charge is -2.42. The second kappa shape index (κ2) is 13.1. The highest BCUT2D eigenvalue weighted by Crippen LogP contribution is 2.34. The average molecular weight is 583 g/mol. The molecule has 2 aliphatic rings. The van der Waals surface area contributed by atoms with Crippen LogP contribution in [0.15, 0.2) is 60.7 Å². The van der Waals surface area contributed by atoms with E-state index in [2.05, 4.69) is 15.1 Å². The number of alkyl halides is 3. The highest BCUT2D eigenvalue weighted by atomic mass is 19.4. The van der Waals surface area contributed by atoms with Gasteiger partial charge in [0.05, 0.1) is 23.9 Å². The van der Waals surface area contributed by atoms with Crippen LogP contribution in [0, 0.1) is 5.92 Å². The zero-order valence-corrected chi connectivity index (χ0v) is 23.7. The van der Waals surface area contributed by atoms with Gasteiger partial charge in [-0.15, -0.1) is 0 Å². The lowest BCUT2D eigenvalue weighted by atomic mass is 9.94. The monoisotopic (exact) mass is 582 g/mol. The molecule has 0 bridgehead atoms. The molecule has 1 aromatic heterocycles. The molecule has 1 atom stereocenters. The number of ether oxygens (including phenoxy) is 1. The summed E-state index contributed by atoms with van der Waals surface area (Å²) in [6, 6.07) is 16.6. The zero-order valence-electron chi connectivity index (χ0n) is 23.7. The maximum atomic E-state index is 13.5. The first-order chi connectivity index (χ1) is 20.3. The van der Waals surface area contributed by atoms with Crippen LogP contribution in [0.2, 0.25) is 0 Å². The molecule has 2 aliphatic heterocycles. The summed E-state index contributed by atoms with van der Waals surface area (Å²) in [6.45, 7) is 3.24. The molecule has 2 fully saturated rings. The van der Waals surface area contributed by atoms with Crippen molar-refractivity contribution in [2.45, 2.75) is 44.4 Å². The fourth-order valence-electron chi connectivity index (χ4n) is 6.12. The molecule has 2 N–H and O–H groups in total. The Labute approximate surface area is 244 Å². The molecular formula is C32H37F3N4O3. The Bertz CT molecular complexity index is 1380. The Morgan fingerprint density at radius 3 is 2.50 bits per heavy atom. The number of benzene rings is 2. The van der Waals surface area contributed by atoms with Crippen molar-refractivity contribution in [3.05, 3.63) is 77.4 Å². The van der Waals surface area contributed by atoms with Gasteiger partial charge >= 0.3 is 6.18 Å². The van der Waals surface area contributed by atoms with Crippen LogP contribution in [0.1, 0.15) is 47.2 Å². The minimum absolute atomic E-state index is 0.00188. The van der Waals surface area contributed by atoms with Gasteiger partial charge in [0.25, 0.3) is 5.91 Å². The molecule has 2 saturated heterocycles. The minimum atomic E-state index is -4.51. The number of nitrogens with one attached hydrogen (secondary N) is 1. The number of pyridine rings is 1. The third-order valence-corrected chi connectivity index (χ3v) is 8.35. The molecule has 0 spiro atoms. The topological polar surface area (TPSA) is 77.9 Å². The van der Waals surface area contributed by atoms with Gasteiger partial charge in [-0.05, 0) is 74.0 Å². The molecule has 224 valence electrons. The van der Waals surface area contributed by atoms with Gasteiger partial charge in [-0.3, -0.25) is 9.69 Å². The zero-order chi connectivity index (χ0) is 29.7. The average Bonchev–Trinajstić information content (AvgIpc) is 3.03. The molecule has 0 saturated carbocycles. The maximum Gasteiger partial charge on any atom is 0.416 e. The molecule has 10 heteroatoms. The number of rotatable bonds is 8. The van der Waals surface area contributed by atoms with Gasteiger partial charge in [0, 0.05) is 44.4 Å². The third-order valence-electron chi connectivity index (χ3n) is 8.35. The lowest BCUT2D eigenvalue weighted by Crippen LogP contribution is -2.49. The number of piperidine rings is 2. The number of carbonyl (C=O) groups excluding carboxylic acids is 1. The van der Waals surface area contributed by atoms with E-state index < -0.39 is 17.6 Å². The number of hydrogen-bond donors (Lipinski definition) is 2. The van der Waals surface area contributed by atoms with Crippen molar-refractivity contribution >= 4 is 11.7 Å². The van der Waals surface area contributed by atoms with E-state index in [1.54, 1.807) is 19.2 Å². The number of aliphatic hydroxyl groups excluding tert-OH is 1. The lowest BCUT2D eigenvalue weighted by molar-refractivity contribution is -0.138. The fourth-order valence-corrected chi connectivity index (χ4v) is 6.12. The van der Waals surface area contributed by atoms with Gasteiger partial charge in [0.15, 0.2) is 0 Å². The van der Waals surface area contributed by atoms with Crippen LogP contribution < -0.4 is 15.0 Å². The molecule has 5 rings (SSSR count). The summed E-state index contributed by atoms with van der Waals surface area (Å²) in [7, 11) is 1.59. The predicted molar refractivity (Wildman–Crippen MR) is 155 cm³/mol. The quantitative estimate of drug-likeness (QED) is 0.372. The molecule has 1 amide bonds. The van der Waals surface area contributed by atoms with Crippen LogP contribution in [0.25, 0.3) is 11.3 Å². The van der Waals surface area contributed by atoms with E-state index in [1.807, 2.05) is 24.3 Å². The summed E-state index contributed by atoms with van der Waals surface area (Å²) < 4.78 is 46.1. The summed E-state index contributed by atoms with van der Waals surface area (Å²) in [5, 5.41) is 12.4. The van der Waals surface area contributed by atoms with Gasteiger partial charge in [0.1, 0.15) is 11.6 Å². The van der Waals surface area contributed by atoms with Crippen molar-refractivity contribution < 1.29 is 27.8 Å². The van der Waals surface area contributed by atoms with Crippen LogP contribution >= 0.6 is 0 Å². The van der Waals surface area contributed by atoms with Gasteiger partial charge in [0.2, 0.25) is 0 Å². The smallest absolute Gasteiger partial charge is 0.416 e. The van der Waals surface area contributed by atoms with E-state index in [9.17, 15) is 23.1 Å². The Hall–Kier alpha value is -3.63. The Morgan fingerprint density at radius 2 is 1.76 bits per heavy atom. The minimum Gasteiger partial charge on any atom is -0.496 e. The number of hydrogen-bond acceptors (Lipinski definition) is 6. The Balaban J connectivity index is 1.39. The van der Waals surface area contributed by atoms with Crippen LogP contribution in [0.3, 0.4) is 0 Å². The number of amides is 1. The highest BCUT2D eigenvalue weighted by Gasteiger charge is 2.33. The number of nitrogens with zero attached hydrogens (tertiary/aromatic N) is 3. The number of anilines is 1. The van der Waals surface area contributed by atoms with Gasteiger partial charge in [-0.1, -0.05) is 30.3 Å². The first-order valence-electron chi connectivity index (χ1n) is 14.5. The summed E-state index contributed by atoms with van der Waals surface area (Å²) >= 11 is 0. The third kappa shape index (κ3) is 6.71. The molecule has 42 heavy (non-hydrogen) atoms. The van der Waals surface area contributed by atoms with Crippen molar-refractivity contribution in [2.24, 2.45) is 5.92 Å². The number of methoxy groups -OCH3 is 1. The van der Waals surface area contributed by atoms with E-state index in [1.165, 1.54) is 18.2 Å². The molecule has 2 aromatic carbocycles. The number of aliphatic hydroxyl groups is 1. The summed E-state index contributed by atoms with van der Waals surface area (Å²) in [5.41, 5.74) is 0.978. The van der Waals surface area contributed by atoms with Crippen molar-refractivity contribution in [1.29, 1.82) is 0 Å². The molecule has 3 aromatic rings. The fraction of sp³-hybridized carbons (Fsp3) is 0.438. The second-order valence-electron chi connectivity index (χ2n) is 11.0. The Morgan fingerprint density at radius 1 is 1.02 bits per heavy atom. The van der Waals surface area contributed by atoms with E-state index in [0.717, 1.165) is 50.4 Å². The standard InChI is InChI=1S/C32H37F3N4O3/c1-42-29-11-5-3-9-25(29)28-13-12-26(31(41)36-19-23-8-2-4-10-27(23)32(33,34)35)30(37-28)38-17-14-24(15-18-38)39-16-6-7-22(20-39)21-40/h2-5,8-13,22,24,40H,6-7,14-21H2,1H3,(H,36,41). The molecule has 3 heterocycles. The van der Waals surface area contributed by atoms with E-state index >= 15 is 0 Å². The highest BCUT2D eigenvalue weighted by molar-refractivity contribution is 5.99. The van der Waals surface area contributed by atoms with Gasteiger partial charge < -0.3 is 20.1 Å². The van der Waals surface area contributed by atoms with E-state index in [-0.39, 0.29) is 18.7 Å². The van der Waals surface area contributed by atoms with Crippen molar-refractivity contribution in [2.75, 3.05) is 44.8 Å². The number of para-hydroxylation sites is 1. The summed E-state index contributed by atoms with van der Waals surface area (Å²) in [4.78, 5) is 23.0. The van der Waals surface area contributed by atoms with Gasteiger partial charge in [-0.25, -0.2) is 4.98 Å². The molecule has 1 unspecified atom stereocenters. The van der Waals surface area contributed by atoms with Crippen molar-refractivity contribution in [3.63, 3.8) is 0 Å². The van der Waals surface area contributed by atoms with Crippen molar-refractivity contribution in [3.8, 4) is 17.0 Å². The molecular weight excluding hydrogens is 545 g/mol.